The number of rotatable bonds is 5. The van der Waals surface area contributed by atoms with Crippen molar-refractivity contribution in [2.75, 3.05) is 0 Å². The van der Waals surface area contributed by atoms with Crippen LogP contribution in [0.15, 0.2) is 41.1 Å². The van der Waals surface area contributed by atoms with Gasteiger partial charge in [0.1, 0.15) is 5.75 Å². The maximum absolute atomic E-state index is 12.0. The first kappa shape index (κ1) is 14.6. The summed E-state index contributed by atoms with van der Waals surface area (Å²) in [4.78, 5) is 12.0. The molecule has 2 rings (SSSR count). The Morgan fingerprint density at radius 1 is 1.15 bits per heavy atom. The molecule has 1 aromatic carbocycles. The maximum atomic E-state index is 12.0. The molecule has 0 bridgehead atoms. The molecule has 0 aliphatic rings. The third kappa shape index (κ3) is 3.84. The highest BCUT2D eigenvalue weighted by Gasteiger charge is 2.11. The zero-order valence-corrected chi connectivity index (χ0v) is 12.7. The highest BCUT2D eigenvalue weighted by Crippen LogP contribution is 2.19. The van der Waals surface area contributed by atoms with Crippen LogP contribution in [-0.2, 0) is 0 Å². The molecule has 1 amide bonds. The van der Waals surface area contributed by atoms with E-state index in [2.05, 4.69) is 5.32 Å². The van der Waals surface area contributed by atoms with Crippen LogP contribution in [0.25, 0.3) is 0 Å². The maximum Gasteiger partial charge on any atom is 0.252 e. The highest BCUT2D eigenvalue weighted by atomic mass is 32.1. The molecule has 4 heteroatoms. The van der Waals surface area contributed by atoms with E-state index in [9.17, 15) is 4.79 Å². The molecule has 0 aliphatic carbocycles. The number of thiophene rings is 1. The van der Waals surface area contributed by atoms with Gasteiger partial charge in [-0.15, -0.1) is 0 Å². The van der Waals surface area contributed by atoms with Crippen LogP contribution in [0.2, 0.25) is 0 Å². The predicted octanol–water partition coefficient (Wildman–Crippen LogP) is 4.03. The lowest BCUT2D eigenvalue weighted by Gasteiger charge is -2.15. The number of nitrogens with one attached hydrogen (secondary N) is 1. The van der Waals surface area contributed by atoms with Crippen LogP contribution in [-0.4, -0.2) is 12.0 Å². The minimum Gasteiger partial charge on any atom is -0.491 e. The molecule has 1 heterocycles. The van der Waals surface area contributed by atoms with Gasteiger partial charge in [0.15, 0.2) is 0 Å². The Labute approximate surface area is 123 Å². The van der Waals surface area contributed by atoms with E-state index in [1.165, 1.54) is 11.3 Å². The smallest absolute Gasteiger partial charge is 0.252 e. The van der Waals surface area contributed by atoms with Gasteiger partial charge < -0.3 is 10.1 Å². The largest absolute Gasteiger partial charge is 0.491 e. The molecule has 2 aromatic rings. The zero-order valence-electron chi connectivity index (χ0n) is 11.9. The summed E-state index contributed by atoms with van der Waals surface area (Å²) in [5.41, 5.74) is 1.77. The molecule has 20 heavy (non-hydrogen) atoms. The first-order chi connectivity index (χ1) is 9.56. The Bertz CT molecular complexity index is 546. The second kappa shape index (κ2) is 6.57. The lowest BCUT2D eigenvalue weighted by atomic mass is 10.1. The van der Waals surface area contributed by atoms with Crippen LogP contribution in [0.1, 0.15) is 42.7 Å². The third-order valence-corrected chi connectivity index (χ3v) is 3.57. The van der Waals surface area contributed by atoms with E-state index in [1.807, 2.05) is 61.9 Å². The number of benzene rings is 1. The average Bonchev–Trinajstić information content (AvgIpc) is 2.92. The molecule has 0 saturated carbocycles. The van der Waals surface area contributed by atoms with Gasteiger partial charge in [0.25, 0.3) is 5.91 Å². The first-order valence-corrected chi connectivity index (χ1v) is 7.60. The van der Waals surface area contributed by atoms with Crippen molar-refractivity contribution in [2.45, 2.75) is 32.9 Å². The van der Waals surface area contributed by atoms with Crippen molar-refractivity contribution in [1.82, 2.24) is 5.32 Å². The van der Waals surface area contributed by atoms with Gasteiger partial charge in [0.05, 0.1) is 17.7 Å². The van der Waals surface area contributed by atoms with Crippen LogP contribution in [0.4, 0.5) is 0 Å². The number of hydrogen-bond donors (Lipinski definition) is 1. The number of carbonyl (C=O) groups is 1. The molecule has 1 atom stereocenters. The number of ether oxygens (including phenoxy) is 1. The Kier molecular flexibility index (Phi) is 4.79. The summed E-state index contributed by atoms with van der Waals surface area (Å²) < 4.78 is 5.60. The van der Waals surface area contributed by atoms with E-state index in [-0.39, 0.29) is 18.1 Å². The van der Waals surface area contributed by atoms with Crippen LogP contribution >= 0.6 is 11.3 Å². The summed E-state index contributed by atoms with van der Waals surface area (Å²) in [5, 5.41) is 6.73. The van der Waals surface area contributed by atoms with Gasteiger partial charge in [-0.1, -0.05) is 12.1 Å². The summed E-state index contributed by atoms with van der Waals surface area (Å²) in [7, 11) is 0. The van der Waals surface area contributed by atoms with Crippen molar-refractivity contribution in [2.24, 2.45) is 0 Å². The van der Waals surface area contributed by atoms with E-state index in [0.717, 1.165) is 11.3 Å². The quantitative estimate of drug-likeness (QED) is 0.902. The number of amides is 1. The third-order valence-electron chi connectivity index (χ3n) is 2.88. The Morgan fingerprint density at radius 2 is 1.85 bits per heavy atom. The van der Waals surface area contributed by atoms with Gasteiger partial charge in [-0.25, -0.2) is 0 Å². The van der Waals surface area contributed by atoms with Crippen molar-refractivity contribution in [3.05, 3.63) is 52.2 Å². The number of carbonyl (C=O) groups excluding carboxylic acids is 1. The van der Waals surface area contributed by atoms with Gasteiger partial charge in [-0.05, 0) is 49.9 Å². The predicted molar refractivity (Wildman–Crippen MR) is 82.4 cm³/mol. The number of hydrogen-bond acceptors (Lipinski definition) is 3. The first-order valence-electron chi connectivity index (χ1n) is 6.66. The molecule has 106 valence electrons. The highest BCUT2D eigenvalue weighted by molar-refractivity contribution is 7.08. The summed E-state index contributed by atoms with van der Waals surface area (Å²) in [6, 6.07) is 9.62. The fourth-order valence-electron chi connectivity index (χ4n) is 1.86. The molecule has 3 nitrogen and oxygen atoms in total. The molecule has 0 aliphatic heterocycles. The van der Waals surface area contributed by atoms with Crippen LogP contribution in [0, 0.1) is 0 Å². The lowest BCUT2D eigenvalue weighted by Crippen LogP contribution is -2.26. The minimum atomic E-state index is -0.0405. The minimum absolute atomic E-state index is 0.0319. The van der Waals surface area contributed by atoms with E-state index >= 15 is 0 Å². The molecule has 1 unspecified atom stereocenters. The van der Waals surface area contributed by atoms with Gasteiger partial charge in [-0.2, -0.15) is 11.3 Å². The normalized spacial score (nSPS) is 12.2. The van der Waals surface area contributed by atoms with Crippen molar-refractivity contribution in [3.8, 4) is 5.75 Å². The Hall–Kier alpha value is -1.81. The fourth-order valence-corrected chi connectivity index (χ4v) is 2.50. The monoisotopic (exact) mass is 289 g/mol. The molecule has 0 fully saturated rings. The summed E-state index contributed by atoms with van der Waals surface area (Å²) in [5.74, 6) is 0.807. The SMILES string of the molecule is CC(C)Oc1ccc(C(C)NC(=O)c2ccsc2)cc1. The van der Waals surface area contributed by atoms with E-state index in [4.69, 9.17) is 4.74 Å². The second-order valence-electron chi connectivity index (χ2n) is 4.94. The Balaban J connectivity index is 1.98. The standard InChI is InChI=1S/C16H19NO2S/c1-11(2)19-15-6-4-13(5-7-15)12(3)17-16(18)14-8-9-20-10-14/h4-12H,1-3H3,(H,17,18). The van der Waals surface area contributed by atoms with E-state index in [1.54, 1.807) is 0 Å². The zero-order chi connectivity index (χ0) is 14.5. The molecular formula is C16H19NO2S. The molecule has 1 aromatic heterocycles. The lowest BCUT2D eigenvalue weighted by molar-refractivity contribution is 0.0940. The molecule has 0 radical (unpaired) electrons. The van der Waals surface area contributed by atoms with Gasteiger partial charge >= 0.3 is 0 Å². The summed E-state index contributed by atoms with van der Waals surface area (Å²) in [6.07, 6.45) is 0.163. The molecular weight excluding hydrogens is 270 g/mol. The molecule has 0 saturated heterocycles. The van der Waals surface area contributed by atoms with Crippen molar-refractivity contribution in [1.29, 1.82) is 0 Å². The molecule has 1 N–H and O–H groups in total. The van der Waals surface area contributed by atoms with Crippen LogP contribution in [0.3, 0.4) is 0 Å². The topological polar surface area (TPSA) is 38.3 Å². The molecule has 0 spiro atoms. The Morgan fingerprint density at radius 3 is 2.40 bits per heavy atom. The van der Waals surface area contributed by atoms with Gasteiger partial charge in [0, 0.05) is 5.38 Å². The fraction of sp³-hybridized carbons (Fsp3) is 0.312. The van der Waals surface area contributed by atoms with Gasteiger partial charge in [-0.3, -0.25) is 4.79 Å². The van der Waals surface area contributed by atoms with E-state index < -0.39 is 0 Å². The second-order valence-corrected chi connectivity index (χ2v) is 5.72. The van der Waals surface area contributed by atoms with Gasteiger partial charge in [0.2, 0.25) is 0 Å². The van der Waals surface area contributed by atoms with Crippen LogP contribution < -0.4 is 10.1 Å². The summed E-state index contributed by atoms with van der Waals surface area (Å²) in [6.45, 7) is 5.97. The summed E-state index contributed by atoms with van der Waals surface area (Å²) >= 11 is 1.52. The van der Waals surface area contributed by atoms with Crippen LogP contribution in [0.5, 0.6) is 5.75 Å². The van der Waals surface area contributed by atoms with Crippen molar-refractivity contribution in [3.63, 3.8) is 0 Å². The van der Waals surface area contributed by atoms with E-state index in [0.29, 0.717) is 5.56 Å². The van der Waals surface area contributed by atoms with Crippen molar-refractivity contribution >= 4 is 17.2 Å². The van der Waals surface area contributed by atoms with Crippen molar-refractivity contribution < 1.29 is 9.53 Å². The average molecular weight is 289 g/mol.